The topological polar surface area (TPSA) is 38.8 Å². The molecule has 6 heteroatoms. The molecule has 1 amide bonds. The number of halogens is 2. The molecule has 122 valence electrons. The molecule has 1 heterocycles. The van der Waals surface area contributed by atoms with Crippen LogP contribution in [0.3, 0.4) is 0 Å². The summed E-state index contributed by atoms with van der Waals surface area (Å²) in [5.41, 5.74) is -0.559. The van der Waals surface area contributed by atoms with Crippen LogP contribution >= 0.6 is 0 Å². The summed E-state index contributed by atoms with van der Waals surface area (Å²) >= 11 is 0. The van der Waals surface area contributed by atoms with Crippen LogP contribution in [-0.2, 0) is 4.74 Å². The van der Waals surface area contributed by atoms with Crippen molar-refractivity contribution in [1.29, 1.82) is 0 Å². The highest BCUT2D eigenvalue weighted by Crippen LogP contribution is 2.22. The number of amides is 1. The van der Waals surface area contributed by atoms with Crippen LogP contribution in [0.15, 0.2) is 18.2 Å². The average Bonchev–Trinajstić information content (AvgIpc) is 2.81. The first-order valence-electron chi connectivity index (χ1n) is 7.33. The highest BCUT2D eigenvalue weighted by molar-refractivity contribution is 5.69. The average molecular weight is 313 g/mol. The van der Waals surface area contributed by atoms with E-state index in [0.29, 0.717) is 6.54 Å². The minimum absolute atomic E-state index is 0.119. The second kappa shape index (κ2) is 6.50. The Balaban J connectivity index is 1.95. The lowest BCUT2D eigenvalue weighted by Gasteiger charge is -2.28. The smallest absolute Gasteiger partial charge is 0.410 e. The standard InChI is InChI=1S/C16H21F2NO3/c1-16(2,3)22-15(20)19-6-4-5-13(19)10-21-14-8-11(17)7-12(18)9-14/h7-9,13H,4-6,10H2,1-3H3. The zero-order chi connectivity index (χ0) is 16.3. The summed E-state index contributed by atoms with van der Waals surface area (Å²) in [6.07, 6.45) is 1.24. The van der Waals surface area contributed by atoms with Crippen LogP contribution in [0, 0.1) is 11.6 Å². The quantitative estimate of drug-likeness (QED) is 0.853. The van der Waals surface area contributed by atoms with Crippen molar-refractivity contribution in [2.24, 2.45) is 0 Å². The maximum atomic E-state index is 13.1. The number of nitrogens with zero attached hydrogens (tertiary/aromatic N) is 1. The number of ether oxygens (including phenoxy) is 2. The Hall–Kier alpha value is -1.85. The Labute approximate surface area is 129 Å². The highest BCUT2D eigenvalue weighted by atomic mass is 19.1. The molecule has 4 nitrogen and oxygen atoms in total. The monoisotopic (exact) mass is 313 g/mol. The fourth-order valence-electron chi connectivity index (χ4n) is 2.37. The van der Waals surface area contributed by atoms with Gasteiger partial charge >= 0.3 is 6.09 Å². The number of benzene rings is 1. The molecular weight excluding hydrogens is 292 g/mol. The largest absolute Gasteiger partial charge is 0.491 e. The molecule has 0 aliphatic carbocycles. The summed E-state index contributed by atoms with van der Waals surface area (Å²) in [6.45, 7) is 6.20. The molecule has 0 spiro atoms. The van der Waals surface area contributed by atoms with Crippen molar-refractivity contribution in [3.05, 3.63) is 29.8 Å². The number of carbonyl (C=O) groups excluding carboxylic acids is 1. The first-order valence-corrected chi connectivity index (χ1v) is 7.33. The van der Waals surface area contributed by atoms with Crippen molar-refractivity contribution in [2.45, 2.75) is 45.3 Å². The zero-order valence-electron chi connectivity index (χ0n) is 13.1. The third-order valence-corrected chi connectivity index (χ3v) is 3.28. The minimum Gasteiger partial charge on any atom is -0.491 e. The van der Waals surface area contributed by atoms with Crippen molar-refractivity contribution in [2.75, 3.05) is 13.2 Å². The van der Waals surface area contributed by atoms with Gasteiger partial charge in [0.05, 0.1) is 6.04 Å². The lowest BCUT2D eigenvalue weighted by molar-refractivity contribution is 0.0187. The van der Waals surface area contributed by atoms with Gasteiger partial charge in [0.2, 0.25) is 0 Å². The fraction of sp³-hybridized carbons (Fsp3) is 0.562. The van der Waals surface area contributed by atoms with Gasteiger partial charge < -0.3 is 14.4 Å². The summed E-state index contributed by atoms with van der Waals surface area (Å²) in [4.78, 5) is 13.7. The van der Waals surface area contributed by atoms with Gasteiger partial charge in [-0.1, -0.05) is 0 Å². The SMILES string of the molecule is CC(C)(C)OC(=O)N1CCCC1COc1cc(F)cc(F)c1. The molecule has 1 aliphatic rings. The van der Waals surface area contributed by atoms with Crippen molar-refractivity contribution in [3.8, 4) is 5.75 Å². The molecule has 22 heavy (non-hydrogen) atoms. The van der Waals surface area contributed by atoms with E-state index >= 15 is 0 Å². The number of likely N-dealkylation sites (tertiary alicyclic amines) is 1. The Bertz CT molecular complexity index is 522. The lowest BCUT2D eigenvalue weighted by atomic mass is 10.2. The molecule has 1 unspecified atom stereocenters. The third kappa shape index (κ3) is 4.58. The van der Waals surface area contributed by atoms with Crippen LogP contribution in [0.25, 0.3) is 0 Å². The van der Waals surface area contributed by atoms with E-state index in [4.69, 9.17) is 9.47 Å². The predicted octanol–water partition coefficient (Wildman–Crippen LogP) is 3.74. The summed E-state index contributed by atoms with van der Waals surface area (Å²) in [7, 11) is 0. The molecule has 1 aromatic rings. The van der Waals surface area contributed by atoms with Crippen LogP contribution in [0.4, 0.5) is 13.6 Å². The predicted molar refractivity (Wildman–Crippen MR) is 77.8 cm³/mol. The van der Waals surface area contributed by atoms with Crippen LogP contribution in [0.5, 0.6) is 5.75 Å². The van der Waals surface area contributed by atoms with E-state index in [1.165, 1.54) is 0 Å². The Morgan fingerprint density at radius 3 is 2.50 bits per heavy atom. The molecule has 1 aromatic carbocycles. The van der Waals surface area contributed by atoms with E-state index in [9.17, 15) is 13.6 Å². The van der Waals surface area contributed by atoms with Gasteiger partial charge in [-0.25, -0.2) is 13.6 Å². The van der Waals surface area contributed by atoms with E-state index in [2.05, 4.69) is 0 Å². The Morgan fingerprint density at radius 2 is 1.91 bits per heavy atom. The summed E-state index contributed by atoms with van der Waals surface area (Å²) in [5, 5.41) is 0. The molecule has 0 radical (unpaired) electrons. The number of hydrogen-bond acceptors (Lipinski definition) is 3. The maximum Gasteiger partial charge on any atom is 0.410 e. The van der Waals surface area contributed by atoms with Crippen LogP contribution < -0.4 is 4.74 Å². The van der Waals surface area contributed by atoms with E-state index in [1.807, 2.05) is 20.8 Å². The summed E-state index contributed by atoms with van der Waals surface area (Å²) < 4.78 is 37.0. The number of hydrogen-bond donors (Lipinski definition) is 0. The second-order valence-corrected chi connectivity index (χ2v) is 6.39. The van der Waals surface area contributed by atoms with Gasteiger partial charge in [-0.15, -0.1) is 0 Å². The summed E-state index contributed by atoms with van der Waals surface area (Å²) in [6, 6.07) is 2.88. The van der Waals surface area contributed by atoms with Crippen LogP contribution in [-0.4, -0.2) is 35.8 Å². The number of carbonyl (C=O) groups is 1. The van der Waals surface area contributed by atoms with Crippen molar-refractivity contribution in [1.82, 2.24) is 4.90 Å². The Kier molecular flexibility index (Phi) is 4.88. The van der Waals surface area contributed by atoms with E-state index in [0.717, 1.165) is 31.0 Å². The zero-order valence-corrected chi connectivity index (χ0v) is 13.1. The summed E-state index contributed by atoms with van der Waals surface area (Å²) in [5.74, 6) is -1.26. The molecule has 0 saturated carbocycles. The first kappa shape index (κ1) is 16.5. The van der Waals surface area contributed by atoms with Crippen molar-refractivity contribution in [3.63, 3.8) is 0 Å². The van der Waals surface area contributed by atoms with E-state index < -0.39 is 17.2 Å². The van der Waals surface area contributed by atoms with E-state index in [1.54, 1.807) is 4.90 Å². The van der Waals surface area contributed by atoms with Gasteiger partial charge in [0, 0.05) is 24.7 Å². The molecule has 0 aromatic heterocycles. The van der Waals surface area contributed by atoms with Crippen molar-refractivity contribution >= 4 is 6.09 Å². The molecule has 2 rings (SSSR count). The van der Waals surface area contributed by atoms with Gasteiger partial charge in [-0.2, -0.15) is 0 Å². The van der Waals surface area contributed by atoms with Crippen LogP contribution in [0.1, 0.15) is 33.6 Å². The normalized spacial score (nSPS) is 18.4. The van der Waals surface area contributed by atoms with Gasteiger partial charge in [0.25, 0.3) is 0 Å². The molecule has 1 saturated heterocycles. The van der Waals surface area contributed by atoms with Crippen molar-refractivity contribution < 1.29 is 23.0 Å². The maximum absolute atomic E-state index is 13.1. The molecular formula is C16H21F2NO3. The molecule has 1 aliphatic heterocycles. The molecule has 0 bridgehead atoms. The minimum atomic E-state index is -0.689. The van der Waals surface area contributed by atoms with Gasteiger partial charge in [0.1, 0.15) is 29.6 Å². The first-order chi connectivity index (χ1) is 10.2. The van der Waals surface area contributed by atoms with Gasteiger partial charge in [0.15, 0.2) is 0 Å². The highest BCUT2D eigenvalue weighted by Gasteiger charge is 2.32. The molecule has 1 fully saturated rings. The molecule has 1 atom stereocenters. The third-order valence-electron chi connectivity index (χ3n) is 3.28. The van der Waals surface area contributed by atoms with E-state index in [-0.39, 0.29) is 24.5 Å². The fourth-order valence-corrected chi connectivity index (χ4v) is 2.37. The van der Waals surface area contributed by atoms with Gasteiger partial charge in [-0.3, -0.25) is 0 Å². The molecule has 0 N–H and O–H groups in total. The lowest BCUT2D eigenvalue weighted by Crippen LogP contribution is -2.42. The Morgan fingerprint density at radius 1 is 1.27 bits per heavy atom. The van der Waals surface area contributed by atoms with Crippen LogP contribution in [0.2, 0.25) is 0 Å². The second-order valence-electron chi connectivity index (χ2n) is 6.39. The van der Waals surface area contributed by atoms with Gasteiger partial charge in [-0.05, 0) is 33.6 Å². The number of rotatable bonds is 3.